The van der Waals surface area contributed by atoms with E-state index in [9.17, 15) is 17.4 Å². The molecule has 2 atom stereocenters. The summed E-state index contributed by atoms with van der Waals surface area (Å²) in [5.74, 6) is 0.144. The predicted octanol–water partition coefficient (Wildman–Crippen LogP) is 0.689. The van der Waals surface area contributed by atoms with Gasteiger partial charge in [-0.2, -0.15) is 9.78 Å². The van der Waals surface area contributed by atoms with Crippen LogP contribution in [-0.4, -0.2) is 55.8 Å². The molecule has 0 aliphatic heterocycles. The van der Waals surface area contributed by atoms with E-state index in [4.69, 9.17) is 0 Å². The fourth-order valence-electron chi connectivity index (χ4n) is 2.53. The molecule has 10 nitrogen and oxygen atoms in total. The second-order valence-electron chi connectivity index (χ2n) is 6.19. The van der Waals surface area contributed by atoms with Crippen LogP contribution in [0.25, 0.3) is 5.95 Å². The van der Waals surface area contributed by atoms with Crippen molar-refractivity contribution >= 4 is 26.5 Å². The van der Waals surface area contributed by atoms with Gasteiger partial charge < -0.3 is 5.32 Å². The van der Waals surface area contributed by atoms with Crippen molar-refractivity contribution in [3.8, 4) is 5.95 Å². The maximum atomic E-state index is 12.8. The van der Waals surface area contributed by atoms with Crippen LogP contribution in [0.1, 0.15) is 29.1 Å². The van der Waals surface area contributed by atoms with Crippen LogP contribution in [0, 0.1) is 0 Å². The Morgan fingerprint density at radius 3 is 2.48 bits per heavy atom. The number of nitrogens with one attached hydrogen (secondary N) is 1. The topological polar surface area (TPSA) is 137 Å². The lowest BCUT2D eigenvalue weighted by Gasteiger charge is -2.15. The fraction of sp³-hybridized carbons (Fsp3) is 0.235. The van der Waals surface area contributed by atoms with Crippen LogP contribution >= 0.6 is 0 Å². The van der Waals surface area contributed by atoms with Gasteiger partial charge in [0.1, 0.15) is 6.33 Å². The first-order valence-electron chi connectivity index (χ1n) is 8.33. The quantitative estimate of drug-likeness (QED) is 0.598. The number of benzene rings is 1. The number of rotatable bonds is 6. The van der Waals surface area contributed by atoms with Crippen LogP contribution < -0.4 is 5.32 Å². The largest absolute Gasteiger partial charge is 0.342 e. The van der Waals surface area contributed by atoms with Gasteiger partial charge in [-0.3, -0.25) is 9.00 Å². The molecular formula is C17H18N6O4S2. The molecule has 0 radical (unpaired) electrons. The molecule has 2 aromatic heterocycles. The average Bonchev–Trinajstić information content (AvgIpc) is 3.17. The molecule has 0 aliphatic rings. The number of hydrogen-bond donors (Lipinski definition) is 1. The Bertz CT molecular complexity index is 1180. The molecule has 0 fully saturated rings. The highest BCUT2D eigenvalue weighted by Crippen LogP contribution is 2.19. The second-order valence-corrected chi connectivity index (χ2v) is 9.59. The van der Waals surface area contributed by atoms with Gasteiger partial charge in [0.25, 0.3) is 11.9 Å². The third kappa shape index (κ3) is 4.71. The zero-order valence-electron chi connectivity index (χ0n) is 15.8. The van der Waals surface area contributed by atoms with E-state index < -0.39 is 32.6 Å². The second kappa shape index (κ2) is 8.17. The summed E-state index contributed by atoms with van der Waals surface area (Å²) in [4.78, 5) is 25.3. The average molecular weight is 435 g/mol. The number of carbonyl (C=O) groups is 1. The van der Waals surface area contributed by atoms with Crippen molar-refractivity contribution < 1.29 is 17.4 Å². The van der Waals surface area contributed by atoms with Crippen LogP contribution in [0.5, 0.6) is 0 Å². The van der Waals surface area contributed by atoms with E-state index in [0.717, 1.165) is 6.26 Å². The molecule has 1 aromatic carbocycles. The van der Waals surface area contributed by atoms with Crippen molar-refractivity contribution in [2.24, 2.45) is 0 Å². The minimum atomic E-state index is -3.59. The van der Waals surface area contributed by atoms with Crippen LogP contribution in [0.2, 0.25) is 0 Å². The van der Waals surface area contributed by atoms with E-state index in [1.807, 2.05) is 0 Å². The third-order valence-electron chi connectivity index (χ3n) is 3.95. The van der Waals surface area contributed by atoms with Crippen LogP contribution in [0.3, 0.4) is 0 Å². The van der Waals surface area contributed by atoms with E-state index in [-0.39, 0.29) is 15.4 Å². The number of amides is 1. The Morgan fingerprint density at radius 2 is 1.86 bits per heavy atom. The predicted molar refractivity (Wildman–Crippen MR) is 105 cm³/mol. The lowest BCUT2D eigenvalue weighted by molar-refractivity contribution is 0.0937. The molecule has 0 saturated carbocycles. The highest BCUT2D eigenvalue weighted by atomic mass is 32.2. The van der Waals surface area contributed by atoms with E-state index in [1.54, 1.807) is 25.4 Å². The van der Waals surface area contributed by atoms with E-state index in [0.29, 0.717) is 11.8 Å². The summed E-state index contributed by atoms with van der Waals surface area (Å²) in [6.45, 7) is 1.70. The molecule has 29 heavy (non-hydrogen) atoms. The number of aromatic nitrogens is 5. The third-order valence-corrected chi connectivity index (χ3v) is 5.94. The van der Waals surface area contributed by atoms with Crippen molar-refractivity contribution in [1.29, 1.82) is 0 Å². The highest BCUT2D eigenvalue weighted by Gasteiger charge is 2.21. The zero-order chi connectivity index (χ0) is 21.2. The van der Waals surface area contributed by atoms with Gasteiger partial charge in [-0.25, -0.2) is 23.4 Å². The summed E-state index contributed by atoms with van der Waals surface area (Å²) in [5, 5.41) is 6.82. The van der Waals surface area contributed by atoms with Gasteiger partial charge in [0, 0.05) is 46.2 Å². The molecule has 0 saturated heterocycles. The Labute approximate surface area is 169 Å². The first-order valence-corrected chi connectivity index (χ1v) is 11.8. The maximum Gasteiger partial charge on any atom is 0.252 e. The van der Waals surface area contributed by atoms with Crippen molar-refractivity contribution in [3.05, 3.63) is 54.4 Å². The maximum absolute atomic E-state index is 12.8. The molecule has 12 heteroatoms. The summed E-state index contributed by atoms with van der Waals surface area (Å²) in [7, 11) is -5.05. The lowest BCUT2D eigenvalue weighted by Crippen LogP contribution is -2.29. The van der Waals surface area contributed by atoms with Gasteiger partial charge in [-0.05, 0) is 31.2 Å². The Kier molecular flexibility index (Phi) is 5.84. The summed E-state index contributed by atoms with van der Waals surface area (Å²) in [6.07, 6.45) is 6.86. The molecule has 3 rings (SSSR count). The first-order chi connectivity index (χ1) is 13.7. The van der Waals surface area contributed by atoms with Gasteiger partial charge in [-0.1, -0.05) is 0 Å². The Hall–Kier alpha value is -2.99. The summed E-state index contributed by atoms with van der Waals surface area (Å²) < 4.78 is 37.1. The zero-order valence-corrected chi connectivity index (χ0v) is 17.4. The van der Waals surface area contributed by atoms with Crippen LogP contribution in [0.4, 0.5) is 0 Å². The monoisotopic (exact) mass is 434 g/mol. The Morgan fingerprint density at radius 1 is 1.17 bits per heavy atom. The normalized spacial score (nSPS) is 13.6. The molecule has 3 aromatic rings. The molecular weight excluding hydrogens is 416 g/mol. The van der Waals surface area contributed by atoms with Gasteiger partial charge in [0.2, 0.25) is 0 Å². The molecule has 0 aliphatic carbocycles. The number of carbonyl (C=O) groups excluding carboxylic acids is 1. The number of hydrogen-bond acceptors (Lipinski definition) is 8. The summed E-state index contributed by atoms with van der Waals surface area (Å²) in [5.41, 5.74) is 0.0759. The van der Waals surface area contributed by atoms with Crippen molar-refractivity contribution in [1.82, 2.24) is 30.0 Å². The van der Waals surface area contributed by atoms with Crippen LogP contribution in [0.15, 0.2) is 52.8 Å². The number of sulfone groups is 1. The van der Waals surface area contributed by atoms with E-state index in [1.165, 1.54) is 35.5 Å². The van der Waals surface area contributed by atoms with Crippen molar-refractivity contribution in [3.63, 3.8) is 0 Å². The molecule has 2 heterocycles. The number of nitrogens with zero attached hydrogens (tertiary/aromatic N) is 5. The SMILES string of the molecule is CC(NC(=O)c1cc(S(C)=O)cc(S(C)(=O)=O)c1)c1ncnn1-c1ncccn1. The van der Waals surface area contributed by atoms with Crippen LogP contribution in [-0.2, 0) is 20.6 Å². The molecule has 1 N–H and O–H groups in total. The molecule has 152 valence electrons. The minimum Gasteiger partial charge on any atom is -0.342 e. The fourth-order valence-corrected chi connectivity index (χ4v) is 3.87. The van der Waals surface area contributed by atoms with Gasteiger partial charge in [-0.15, -0.1) is 0 Å². The highest BCUT2D eigenvalue weighted by molar-refractivity contribution is 7.90. The standard InChI is InChI=1S/C17H18N6O4S2/c1-11(15-20-10-21-23(15)17-18-5-4-6-19-17)22-16(24)12-7-13(28(2)25)9-14(8-12)29(3,26)27/h4-11H,1-3H3,(H,22,24). The van der Waals surface area contributed by atoms with Gasteiger partial charge in [0.15, 0.2) is 15.7 Å². The van der Waals surface area contributed by atoms with Crippen molar-refractivity contribution in [2.45, 2.75) is 22.8 Å². The Balaban J connectivity index is 1.91. The first kappa shape index (κ1) is 20.7. The smallest absolute Gasteiger partial charge is 0.252 e. The summed E-state index contributed by atoms with van der Waals surface area (Å²) in [6, 6.07) is 5.02. The molecule has 0 bridgehead atoms. The molecule has 0 spiro atoms. The van der Waals surface area contributed by atoms with E-state index >= 15 is 0 Å². The van der Waals surface area contributed by atoms with Gasteiger partial charge >= 0.3 is 0 Å². The van der Waals surface area contributed by atoms with Crippen molar-refractivity contribution in [2.75, 3.05) is 12.5 Å². The van der Waals surface area contributed by atoms with Gasteiger partial charge in [0.05, 0.1) is 10.9 Å². The van der Waals surface area contributed by atoms with E-state index in [2.05, 4.69) is 25.4 Å². The molecule has 2 unspecified atom stereocenters. The minimum absolute atomic E-state index is 0.0759. The lowest BCUT2D eigenvalue weighted by atomic mass is 10.2. The summed E-state index contributed by atoms with van der Waals surface area (Å²) >= 11 is 0. The molecule has 1 amide bonds.